The highest BCUT2D eigenvalue weighted by Gasteiger charge is 2.18. The van der Waals surface area contributed by atoms with Gasteiger partial charge in [0, 0.05) is 33.3 Å². The normalized spacial score (nSPS) is 11.4. The molecule has 11 aromatic rings. The first-order valence-corrected chi connectivity index (χ1v) is 19.8. The Hall–Kier alpha value is -7.68. The van der Waals surface area contributed by atoms with Crippen molar-refractivity contribution in [2.24, 2.45) is 0 Å². The van der Waals surface area contributed by atoms with E-state index >= 15 is 0 Å². The van der Waals surface area contributed by atoms with Crippen LogP contribution in [0.15, 0.2) is 229 Å². The highest BCUT2D eigenvalue weighted by molar-refractivity contribution is 6.11. The Bertz CT molecular complexity index is 3250. The fourth-order valence-corrected chi connectivity index (χ4v) is 8.58. The molecule has 0 fully saturated rings. The van der Waals surface area contributed by atoms with Crippen LogP contribution in [0, 0.1) is 0 Å². The molecule has 0 radical (unpaired) electrons. The molecule has 0 N–H and O–H groups in total. The van der Waals surface area contributed by atoms with E-state index < -0.39 is 0 Å². The van der Waals surface area contributed by atoms with Crippen LogP contribution in [0.2, 0.25) is 0 Å². The van der Waals surface area contributed by atoms with Crippen LogP contribution >= 0.6 is 0 Å². The predicted octanol–water partition coefficient (Wildman–Crippen LogP) is 16.0. The smallest absolute Gasteiger partial charge is 0.143 e. The Morgan fingerprint density at radius 3 is 1.57 bits per heavy atom. The number of hydrogen-bond donors (Lipinski definition) is 0. The van der Waals surface area contributed by atoms with Gasteiger partial charge in [-0.1, -0.05) is 176 Å². The van der Waals surface area contributed by atoms with Crippen LogP contribution in [0.25, 0.3) is 88.0 Å². The van der Waals surface area contributed by atoms with E-state index in [1.54, 1.807) is 0 Å². The largest absolute Gasteiger partial charge is 0.455 e. The Morgan fingerprint density at radius 2 is 0.828 bits per heavy atom. The van der Waals surface area contributed by atoms with Gasteiger partial charge >= 0.3 is 0 Å². The van der Waals surface area contributed by atoms with Gasteiger partial charge in [-0.15, -0.1) is 0 Å². The lowest BCUT2D eigenvalue weighted by Gasteiger charge is -2.28. The summed E-state index contributed by atoms with van der Waals surface area (Å²) >= 11 is 0. The van der Waals surface area contributed by atoms with Crippen molar-refractivity contribution in [1.82, 2.24) is 0 Å². The fourth-order valence-electron chi connectivity index (χ4n) is 8.58. The average Bonchev–Trinajstić information content (AvgIpc) is 3.68. The zero-order valence-corrected chi connectivity index (χ0v) is 31.7. The van der Waals surface area contributed by atoms with Gasteiger partial charge in [0.1, 0.15) is 11.2 Å². The molecule has 11 rings (SSSR count). The molecule has 2 heteroatoms. The number of anilines is 3. The molecule has 0 bridgehead atoms. The van der Waals surface area contributed by atoms with E-state index in [9.17, 15) is 0 Å². The Kier molecular flexibility index (Phi) is 8.19. The Labute approximate surface area is 337 Å². The number of nitrogens with zero attached hydrogens (tertiary/aromatic N) is 1. The van der Waals surface area contributed by atoms with Crippen LogP contribution in [0.4, 0.5) is 17.1 Å². The maximum Gasteiger partial charge on any atom is 0.143 e. The molecule has 10 aromatic carbocycles. The fraction of sp³-hybridized carbons (Fsp3) is 0. The van der Waals surface area contributed by atoms with E-state index in [0.717, 1.165) is 61.3 Å². The van der Waals surface area contributed by atoms with Gasteiger partial charge in [0.25, 0.3) is 0 Å². The first kappa shape index (κ1) is 33.6. The number of benzene rings is 10. The summed E-state index contributed by atoms with van der Waals surface area (Å²) in [6.45, 7) is 0. The summed E-state index contributed by atoms with van der Waals surface area (Å²) in [6.07, 6.45) is 0. The van der Waals surface area contributed by atoms with Crippen molar-refractivity contribution >= 4 is 60.5 Å². The molecule has 0 atom stereocenters. The standard InChI is InChI=1S/C56H37NO/c1-3-12-40(13-4-1)50-18-9-10-21-54(50)57(46-30-24-38(25-31-46)43-28-34-49-45(36-43)23-22-42-16-7-8-17-48(42)49)47-32-26-39(27-33-47)44-29-35-55-53(37-44)52-20-11-19-51(56(52)58-55)41-14-5-2-6-15-41/h1-37H. The van der Waals surface area contributed by atoms with Gasteiger partial charge in [0.2, 0.25) is 0 Å². The molecule has 0 aliphatic carbocycles. The van der Waals surface area contributed by atoms with Crippen LogP contribution in [-0.4, -0.2) is 0 Å². The summed E-state index contributed by atoms with van der Waals surface area (Å²) in [6, 6.07) is 80.6. The second-order valence-electron chi connectivity index (χ2n) is 14.9. The third-order valence-corrected chi connectivity index (χ3v) is 11.5. The average molecular weight is 740 g/mol. The summed E-state index contributed by atoms with van der Waals surface area (Å²) in [7, 11) is 0. The van der Waals surface area contributed by atoms with Crippen molar-refractivity contribution in [1.29, 1.82) is 0 Å². The third-order valence-electron chi connectivity index (χ3n) is 11.5. The van der Waals surface area contributed by atoms with Gasteiger partial charge in [-0.25, -0.2) is 0 Å². The van der Waals surface area contributed by atoms with Gasteiger partial charge in [-0.3, -0.25) is 0 Å². The zero-order valence-electron chi connectivity index (χ0n) is 31.7. The molecule has 0 saturated heterocycles. The molecule has 58 heavy (non-hydrogen) atoms. The lowest BCUT2D eigenvalue weighted by atomic mass is 9.97. The number of hydrogen-bond acceptors (Lipinski definition) is 2. The maximum atomic E-state index is 6.49. The molecule has 0 aliphatic heterocycles. The van der Waals surface area contributed by atoms with E-state index in [0.29, 0.717) is 0 Å². The maximum absolute atomic E-state index is 6.49. The minimum absolute atomic E-state index is 0.892. The van der Waals surface area contributed by atoms with Gasteiger partial charge < -0.3 is 9.32 Å². The molecule has 0 unspecified atom stereocenters. The van der Waals surface area contributed by atoms with E-state index in [-0.39, 0.29) is 0 Å². The molecule has 2 nitrogen and oxygen atoms in total. The van der Waals surface area contributed by atoms with Crippen molar-refractivity contribution in [2.75, 3.05) is 4.90 Å². The first-order valence-electron chi connectivity index (χ1n) is 19.8. The lowest BCUT2D eigenvalue weighted by Crippen LogP contribution is -2.11. The van der Waals surface area contributed by atoms with Crippen LogP contribution in [0.1, 0.15) is 0 Å². The van der Waals surface area contributed by atoms with Crippen LogP contribution in [-0.2, 0) is 0 Å². The van der Waals surface area contributed by atoms with E-state index in [1.807, 2.05) is 6.07 Å². The van der Waals surface area contributed by atoms with Gasteiger partial charge in [0.15, 0.2) is 0 Å². The number of furan rings is 1. The molecular formula is C56H37NO. The first-order chi connectivity index (χ1) is 28.7. The SMILES string of the molecule is c1ccc(-c2ccccc2N(c2ccc(-c3ccc4c(ccc5ccccc54)c3)cc2)c2ccc(-c3ccc4oc5c(-c6ccccc6)cccc5c4c3)cc2)cc1. The monoisotopic (exact) mass is 739 g/mol. The highest BCUT2D eigenvalue weighted by Crippen LogP contribution is 2.43. The number of rotatable bonds is 7. The van der Waals surface area contributed by atoms with Gasteiger partial charge in [0.05, 0.1) is 5.69 Å². The molecule has 272 valence electrons. The van der Waals surface area contributed by atoms with Crippen LogP contribution in [0.3, 0.4) is 0 Å². The van der Waals surface area contributed by atoms with Gasteiger partial charge in [-0.2, -0.15) is 0 Å². The van der Waals surface area contributed by atoms with Crippen molar-refractivity contribution in [3.05, 3.63) is 224 Å². The quantitative estimate of drug-likeness (QED) is 0.151. The molecule has 0 spiro atoms. The molecule has 1 heterocycles. The van der Waals surface area contributed by atoms with E-state index in [4.69, 9.17) is 4.42 Å². The topological polar surface area (TPSA) is 16.4 Å². The summed E-state index contributed by atoms with van der Waals surface area (Å²) in [4.78, 5) is 2.38. The minimum Gasteiger partial charge on any atom is -0.455 e. The van der Waals surface area contributed by atoms with Crippen molar-refractivity contribution in [3.63, 3.8) is 0 Å². The van der Waals surface area contributed by atoms with E-state index in [2.05, 4.69) is 223 Å². The summed E-state index contributed by atoms with van der Waals surface area (Å²) in [5, 5.41) is 7.32. The number of para-hydroxylation sites is 2. The Balaban J connectivity index is 0.979. The van der Waals surface area contributed by atoms with Crippen molar-refractivity contribution in [3.8, 4) is 44.5 Å². The molecule has 1 aromatic heterocycles. The molecule has 0 amide bonds. The lowest BCUT2D eigenvalue weighted by molar-refractivity contribution is 0.670. The second-order valence-corrected chi connectivity index (χ2v) is 14.9. The van der Waals surface area contributed by atoms with Gasteiger partial charge in [-0.05, 0) is 103 Å². The van der Waals surface area contributed by atoms with Crippen molar-refractivity contribution in [2.45, 2.75) is 0 Å². The summed E-state index contributed by atoms with van der Waals surface area (Å²) < 4.78 is 6.49. The molecule has 0 saturated carbocycles. The second kappa shape index (κ2) is 14.1. The molecule has 0 aliphatic rings. The van der Waals surface area contributed by atoms with Crippen LogP contribution < -0.4 is 4.90 Å². The third kappa shape index (κ3) is 5.91. The van der Waals surface area contributed by atoms with E-state index in [1.165, 1.54) is 43.8 Å². The summed E-state index contributed by atoms with van der Waals surface area (Å²) in [5.41, 5.74) is 14.4. The minimum atomic E-state index is 0.892. The van der Waals surface area contributed by atoms with Crippen molar-refractivity contribution < 1.29 is 4.42 Å². The summed E-state index contributed by atoms with van der Waals surface area (Å²) in [5.74, 6) is 0. The Morgan fingerprint density at radius 1 is 0.293 bits per heavy atom. The number of fused-ring (bicyclic) bond motifs is 6. The molecular weight excluding hydrogens is 703 g/mol. The van der Waals surface area contributed by atoms with Crippen LogP contribution in [0.5, 0.6) is 0 Å². The predicted molar refractivity (Wildman–Crippen MR) is 245 cm³/mol. The highest BCUT2D eigenvalue weighted by atomic mass is 16.3. The zero-order chi connectivity index (χ0) is 38.4.